The predicted octanol–water partition coefficient (Wildman–Crippen LogP) is 1.71. The molecule has 8 heteroatoms. The molecule has 2 aromatic carbocycles. The molecule has 0 bridgehead atoms. The molecule has 0 unspecified atom stereocenters. The Balaban J connectivity index is 1.55. The number of nitrogens with one attached hydrogen (secondary N) is 2. The van der Waals surface area contributed by atoms with E-state index in [1.165, 1.54) is 24.0 Å². The van der Waals surface area contributed by atoms with Crippen LogP contribution in [0.25, 0.3) is 11.0 Å². The molecule has 140 valence electrons. The summed E-state index contributed by atoms with van der Waals surface area (Å²) in [5, 5.41) is 16.4. The van der Waals surface area contributed by atoms with Crippen LogP contribution in [-0.2, 0) is 11.8 Å². The Kier molecular flexibility index (Phi) is 5.97. The smallest absolute Gasteiger partial charge is 0.317 e. The van der Waals surface area contributed by atoms with Crippen LogP contribution in [0.2, 0.25) is 0 Å². The molecule has 3 aromatic rings. The lowest BCUT2D eigenvalue weighted by Gasteiger charge is -2.13. The molecule has 0 aliphatic rings. The Morgan fingerprint density at radius 2 is 2.19 bits per heavy atom. The first-order valence-electron chi connectivity index (χ1n) is 8.43. The van der Waals surface area contributed by atoms with Crippen LogP contribution in [-0.4, -0.2) is 29.5 Å². The van der Waals surface area contributed by atoms with Gasteiger partial charge >= 0.3 is 5.16 Å². The van der Waals surface area contributed by atoms with Crippen LogP contribution in [0.1, 0.15) is 12.5 Å². The van der Waals surface area contributed by atoms with Crippen LogP contribution in [0.15, 0.2) is 52.7 Å². The summed E-state index contributed by atoms with van der Waals surface area (Å²) in [6.07, 6.45) is 1.48. The number of carbonyl (C=O) groups excluding carboxylic acids is 1. The monoisotopic (exact) mass is 384 g/mol. The highest BCUT2D eigenvalue weighted by Gasteiger charge is 2.16. The zero-order valence-electron chi connectivity index (χ0n) is 15.1. The Labute approximate surface area is 161 Å². The molecule has 0 spiro atoms. The van der Waals surface area contributed by atoms with Gasteiger partial charge in [0.25, 0.3) is 5.91 Å². The second-order valence-corrected chi connectivity index (χ2v) is 6.69. The fraction of sp³-hybridized carbons (Fsp3) is 0.211. The molecule has 0 radical (unpaired) electrons. The molecule has 0 fully saturated rings. The highest BCUT2D eigenvalue weighted by atomic mass is 32.2. The Bertz CT molecular complexity index is 984. The number of amides is 1. The van der Waals surface area contributed by atoms with Crippen molar-refractivity contribution in [2.75, 3.05) is 12.4 Å². The minimum Gasteiger partial charge on any atom is -0.870 e. The topological polar surface area (TPSA) is 93.4 Å². The van der Waals surface area contributed by atoms with Gasteiger partial charge in [0.1, 0.15) is 5.75 Å². The number of carbonyl (C=O) groups is 1. The van der Waals surface area contributed by atoms with Crippen molar-refractivity contribution in [1.29, 1.82) is 0 Å². The summed E-state index contributed by atoms with van der Waals surface area (Å²) in [5.41, 5.74) is 5.26. The van der Waals surface area contributed by atoms with E-state index in [1.54, 1.807) is 12.1 Å². The number of benzene rings is 2. The molecule has 2 N–H and O–H groups in total. The number of aryl methyl sites for hydroxylation is 1. The number of para-hydroxylation sites is 2. The summed E-state index contributed by atoms with van der Waals surface area (Å²) in [7, 11) is 1.95. The number of hydrazone groups is 1. The van der Waals surface area contributed by atoms with E-state index >= 15 is 0 Å². The molecule has 0 aliphatic carbocycles. The zero-order chi connectivity index (χ0) is 19.2. The third kappa shape index (κ3) is 4.59. The van der Waals surface area contributed by atoms with Gasteiger partial charge in [0.2, 0.25) is 0 Å². The SMILES string of the molecule is CCOc1cc(/C=N/NC(=O)CSc2[nH]c3ccccc3[n+]2C)ccc1[O-]. The van der Waals surface area contributed by atoms with Crippen molar-refractivity contribution in [3.05, 3.63) is 48.0 Å². The van der Waals surface area contributed by atoms with Crippen molar-refractivity contribution in [1.82, 2.24) is 10.4 Å². The number of fused-ring (bicyclic) bond motifs is 1. The number of hydrogen-bond donors (Lipinski definition) is 2. The fourth-order valence-electron chi connectivity index (χ4n) is 2.53. The van der Waals surface area contributed by atoms with Gasteiger partial charge in [-0.1, -0.05) is 30.0 Å². The number of thioether (sulfide) groups is 1. The second kappa shape index (κ2) is 8.59. The van der Waals surface area contributed by atoms with E-state index in [2.05, 4.69) is 15.5 Å². The lowest BCUT2D eigenvalue weighted by molar-refractivity contribution is -0.683. The van der Waals surface area contributed by atoms with E-state index in [4.69, 9.17) is 4.74 Å². The minimum absolute atomic E-state index is 0.180. The maximum atomic E-state index is 12.0. The molecule has 7 nitrogen and oxygen atoms in total. The summed E-state index contributed by atoms with van der Waals surface area (Å²) < 4.78 is 7.27. The molecule has 1 aromatic heterocycles. The van der Waals surface area contributed by atoms with E-state index in [1.807, 2.05) is 42.8 Å². The van der Waals surface area contributed by atoms with Crippen LogP contribution in [0, 0.1) is 0 Å². The highest BCUT2D eigenvalue weighted by Crippen LogP contribution is 2.23. The van der Waals surface area contributed by atoms with Crippen LogP contribution in [0.4, 0.5) is 0 Å². The number of H-pyrrole nitrogens is 1. The number of nitrogens with zero attached hydrogens (tertiary/aromatic N) is 2. The summed E-state index contributed by atoms with van der Waals surface area (Å²) in [5.74, 6) is 0.0949. The first kappa shape index (κ1) is 18.8. The number of ether oxygens (including phenoxy) is 1. The number of aromatic nitrogens is 2. The van der Waals surface area contributed by atoms with Gasteiger partial charge in [-0.25, -0.2) is 15.0 Å². The van der Waals surface area contributed by atoms with Gasteiger partial charge in [-0.15, -0.1) is 0 Å². The number of rotatable bonds is 7. The van der Waals surface area contributed by atoms with Crippen molar-refractivity contribution in [3.63, 3.8) is 0 Å². The standard InChI is InChI=1S/C19H20N4O3S/c1-3-26-17-10-13(8-9-16(17)24)11-20-22-18(25)12-27-19-21-14-6-4-5-7-15(14)23(19)2/h4-11H,3,12H2,1-2H3,(H2,20,22,24,25). The van der Waals surface area contributed by atoms with Gasteiger partial charge in [-0.05, 0) is 42.4 Å². The molecule has 1 heterocycles. The lowest BCUT2D eigenvalue weighted by atomic mass is 10.2. The van der Waals surface area contributed by atoms with Gasteiger partial charge in [0.05, 0.1) is 25.6 Å². The van der Waals surface area contributed by atoms with Crippen LogP contribution < -0.4 is 19.8 Å². The minimum atomic E-state index is -0.222. The summed E-state index contributed by atoms with van der Waals surface area (Å²) in [4.78, 5) is 15.3. The maximum Gasteiger partial charge on any atom is 0.317 e. The van der Waals surface area contributed by atoms with E-state index < -0.39 is 0 Å². The number of aromatic amines is 1. The van der Waals surface area contributed by atoms with Gasteiger partial charge in [-0.3, -0.25) is 4.79 Å². The fourth-order valence-corrected chi connectivity index (χ4v) is 3.34. The van der Waals surface area contributed by atoms with Crippen molar-refractivity contribution < 1.29 is 19.2 Å². The Hall–Kier alpha value is -3.00. The molecule has 0 saturated carbocycles. The Morgan fingerprint density at radius 1 is 1.37 bits per heavy atom. The number of hydrogen-bond acceptors (Lipinski definition) is 5. The molecule has 27 heavy (non-hydrogen) atoms. The normalized spacial score (nSPS) is 11.2. The average Bonchev–Trinajstić information content (AvgIpc) is 2.99. The van der Waals surface area contributed by atoms with E-state index in [0.717, 1.165) is 16.2 Å². The first-order valence-corrected chi connectivity index (χ1v) is 9.42. The van der Waals surface area contributed by atoms with Crippen molar-refractivity contribution in [2.45, 2.75) is 12.1 Å². The van der Waals surface area contributed by atoms with E-state index in [9.17, 15) is 9.90 Å². The number of imidazole rings is 1. The van der Waals surface area contributed by atoms with Gasteiger partial charge in [0.15, 0.2) is 11.0 Å². The molecular formula is C19H20N4O3S. The largest absolute Gasteiger partial charge is 0.870 e. The highest BCUT2D eigenvalue weighted by molar-refractivity contribution is 7.99. The summed E-state index contributed by atoms with van der Waals surface area (Å²) in [6.45, 7) is 2.22. The molecule has 0 atom stereocenters. The third-order valence-electron chi connectivity index (χ3n) is 3.82. The second-order valence-electron chi connectivity index (χ2n) is 5.73. The van der Waals surface area contributed by atoms with Gasteiger partial charge in [0, 0.05) is 0 Å². The van der Waals surface area contributed by atoms with Crippen molar-refractivity contribution in [2.24, 2.45) is 12.1 Å². The molecule has 0 saturated heterocycles. The zero-order valence-corrected chi connectivity index (χ0v) is 15.9. The average molecular weight is 384 g/mol. The van der Waals surface area contributed by atoms with Crippen molar-refractivity contribution in [3.8, 4) is 11.5 Å². The van der Waals surface area contributed by atoms with Crippen LogP contribution >= 0.6 is 11.8 Å². The van der Waals surface area contributed by atoms with E-state index in [-0.39, 0.29) is 23.2 Å². The molecule has 0 aliphatic heterocycles. The first-order chi connectivity index (χ1) is 13.1. The van der Waals surface area contributed by atoms with Crippen molar-refractivity contribution >= 4 is 34.9 Å². The molecule has 3 rings (SSSR count). The summed E-state index contributed by atoms with van der Waals surface area (Å²) >= 11 is 1.40. The van der Waals surface area contributed by atoms with Gasteiger partial charge < -0.3 is 9.84 Å². The predicted molar refractivity (Wildman–Crippen MR) is 103 cm³/mol. The third-order valence-corrected chi connectivity index (χ3v) is 4.88. The Morgan fingerprint density at radius 3 is 2.96 bits per heavy atom. The van der Waals surface area contributed by atoms with Gasteiger partial charge in [-0.2, -0.15) is 5.10 Å². The molecular weight excluding hydrogens is 364 g/mol. The van der Waals surface area contributed by atoms with Crippen LogP contribution in [0.3, 0.4) is 0 Å². The van der Waals surface area contributed by atoms with E-state index in [0.29, 0.717) is 12.2 Å². The quantitative estimate of drug-likeness (QED) is 0.281. The molecule has 1 amide bonds. The lowest BCUT2D eigenvalue weighted by Crippen LogP contribution is -2.30. The van der Waals surface area contributed by atoms with Crippen LogP contribution in [0.5, 0.6) is 11.5 Å². The maximum absolute atomic E-state index is 12.0. The summed E-state index contributed by atoms with van der Waals surface area (Å²) in [6, 6.07) is 12.6.